The predicted octanol–water partition coefficient (Wildman–Crippen LogP) is 2.28. The number of alkyl halides is 2. The molecule has 0 aliphatic heterocycles. The molecule has 6 nitrogen and oxygen atoms in total. The Labute approximate surface area is 119 Å². The van der Waals surface area contributed by atoms with Gasteiger partial charge in [0.1, 0.15) is 6.61 Å². The molecular formula is C13H14F2N2O4. The lowest BCUT2D eigenvalue weighted by Gasteiger charge is -2.03. The van der Waals surface area contributed by atoms with Crippen molar-refractivity contribution in [2.75, 3.05) is 20.3 Å². The number of hydrogen-bond donors (Lipinski definition) is 1. The van der Waals surface area contributed by atoms with Crippen LogP contribution in [0.1, 0.15) is 5.82 Å². The van der Waals surface area contributed by atoms with Crippen LogP contribution in [0.15, 0.2) is 22.7 Å². The number of rotatable bonds is 7. The lowest BCUT2D eigenvalue weighted by atomic mass is 10.2. The minimum absolute atomic E-state index is 0.0463. The molecule has 0 amide bonds. The van der Waals surface area contributed by atoms with Crippen molar-refractivity contribution in [2.24, 2.45) is 0 Å². The molecule has 0 unspecified atom stereocenters. The summed E-state index contributed by atoms with van der Waals surface area (Å²) in [6.45, 7) is -0.533. The standard InChI is InChI=1S/C13H14F2N2O4/c1-19-10-3-2-8(6-9(10)18)13-16-12(17-21-13)4-5-20-7-11(14)15/h2-3,6,11,18H,4-5,7H2,1H3. The highest BCUT2D eigenvalue weighted by Gasteiger charge is 2.12. The Balaban J connectivity index is 1.97. The Hall–Kier alpha value is -2.22. The van der Waals surface area contributed by atoms with E-state index < -0.39 is 13.0 Å². The average Bonchev–Trinajstić information content (AvgIpc) is 2.92. The molecule has 0 radical (unpaired) electrons. The highest BCUT2D eigenvalue weighted by atomic mass is 19.3. The molecule has 1 aromatic carbocycles. The van der Waals surface area contributed by atoms with Gasteiger partial charge >= 0.3 is 0 Å². The van der Waals surface area contributed by atoms with E-state index in [2.05, 4.69) is 10.1 Å². The summed E-state index contributed by atoms with van der Waals surface area (Å²) in [5.74, 6) is 0.847. The molecule has 0 atom stereocenters. The van der Waals surface area contributed by atoms with Gasteiger partial charge in [-0.3, -0.25) is 0 Å². The molecular weight excluding hydrogens is 286 g/mol. The summed E-state index contributed by atoms with van der Waals surface area (Å²) in [7, 11) is 1.44. The van der Waals surface area contributed by atoms with Crippen LogP contribution in [-0.2, 0) is 11.2 Å². The monoisotopic (exact) mass is 300 g/mol. The van der Waals surface area contributed by atoms with E-state index in [1.54, 1.807) is 12.1 Å². The van der Waals surface area contributed by atoms with E-state index in [-0.39, 0.29) is 24.7 Å². The van der Waals surface area contributed by atoms with Crippen molar-refractivity contribution in [2.45, 2.75) is 12.8 Å². The summed E-state index contributed by atoms with van der Waals surface area (Å²) in [4.78, 5) is 4.10. The highest BCUT2D eigenvalue weighted by molar-refractivity contribution is 5.59. The van der Waals surface area contributed by atoms with Crippen LogP contribution in [0.2, 0.25) is 0 Å². The number of phenols is 1. The molecule has 1 N–H and O–H groups in total. The van der Waals surface area contributed by atoms with Crippen LogP contribution < -0.4 is 4.74 Å². The molecule has 0 spiro atoms. The van der Waals surface area contributed by atoms with E-state index in [0.717, 1.165) is 0 Å². The van der Waals surface area contributed by atoms with E-state index in [1.165, 1.54) is 13.2 Å². The fourth-order valence-electron chi connectivity index (χ4n) is 1.63. The van der Waals surface area contributed by atoms with Gasteiger partial charge in [0, 0.05) is 12.0 Å². The second kappa shape index (κ2) is 6.98. The SMILES string of the molecule is COc1ccc(-c2nc(CCOCC(F)F)no2)cc1O. The zero-order valence-corrected chi connectivity index (χ0v) is 11.3. The van der Waals surface area contributed by atoms with Gasteiger partial charge in [0.25, 0.3) is 12.3 Å². The van der Waals surface area contributed by atoms with Crippen molar-refractivity contribution < 1.29 is 27.9 Å². The maximum Gasteiger partial charge on any atom is 0.261 e. The zero-order chi connectivity index (χ0) is 15.2. The van der Waals surface area contributed by atoms with Crippen LogP contribution in [0.5, 0.6) is 11.5 Å². The van der Waals surface area contributed by atoms with Crippen LogP contribution in [-0.4, -0.2) is 42.0 Å². The highest BCUT2D eigenvalue weighted by Crippen LogP contribution is 2.30. The summed E-state index contributed by atoms with van der Waals surface area (Å²) in [6.07, 6.45) is -2.23. The van der Waals surface area contributed by atoms with Crippen molar-refractivity contribution >= 4 is 0 Å². The summed E-state index contributed by atoms with van der Waals surface area (Å²) in [5, 5.41) is 13.4. The molecule has 0 fully saturated rings. The van der Waals surface area contributed by atoms with Gasteiger partial charge < -0.3 is 19.1 Å². The third-order valence-corrected chi connectivity index (χ3v) is 2.61. The Kier molecular flexibility index (Phi) is 5.04. The van der Waals surface area contributed by atoms with Gasteiger partial charge in [-0.05, 0) is 18.2 Å². The summed E-state index contributed by atoms with van der Waals surface area (Å²) < 4.78 is 38.5. The van der Waals surface area contributed by atoms with Gasteiger partial charge in [0.05, 0.1) is 13.7 Å². The van der Waals surface area contributed by atoms with Crippen molar-refractivity contribution in [1.29, 1.82) is 0 Å². The number of methoxy groups -OCH3 is 1. The topological polar surface area (TPSA) is 77.6 Å². The molecule has 2 rings (SSSR count). The first kappa shape index (κ1) is 15.2. The summed E-state index contributed by atoms with van der Waals surface area (Å²) in [6, 6.07) is 4.66. The molecule has 1 heterocycles. The van der Waals surface area contributed by atoms with Crippen LogP contribution in [0, 0.1) is 0 Å². The van der Waals surface area contributed by atoms with Crippen LogP contribution in [0.4, 0.5) is 8.78 Å². The zero-order valence-electron chi connectivity index (χ0n) is 11.3. The van der Waals surface area contributed by atoms with Gasteiger partial charge in [0.15, 0.2) is 17.3 Å². The van der Waals surface area contributed by atoms with Gasteiger partial charge in [-0.15, -0.1) is 0 Å². The third kappa shape index (κ3) is 4.12. The van der Waals surface area contributed by atoms with Gasteiger partial charge in [-0.1, -0.05) is 5.16 Å². The summed E-state index contributed by atoms with van der Waals surface area (Å²) in [5.41, 5.74) is 0.528. The minimum atomic E-state index is -2.49. The maximum atomic E-state index is 11.9. The molecule has 114 valence electrons. The molecule has 1 aromatic heterocycles. The maximum absolute atomic E-state index is 11.9. The molecule has 0 saturated carbocycles. The molecule has 0 aliphatic carbocycles. The van der Waals surface area contributed by atoms with Crippen molar-refractivity contribution in [1.82, 2.24) is 10.1 Å². The molecule has 0 bridgehead atoms. The van der Waals surface area contributed by atoms with E-state index >= 15 is 0 Å². The number of aromatic nitrogens is 2. The Morgan fingerprint density at radius 1 is 1.38 bits per heavy atom. The number of aromatic hydroxyl groups is 1. The fraction of sp³-hybridized carbons (Fsp3) is 0.385. The first-order valence-electron chi connectivity index (χ1n) is 6.16. The number of phenolic OH excluding ortho intramolecular Hbond substituents is 1. The van der Waals surface area contributed by atoms with Gasteiger partial charge in [-0.2, -0.15) is 4.98 Å². The number of nitrogens with zero attached hydrogens (tertiary/aromatic N) is 2. The summed E-state index contributed by atoms with van der Waals surface area (Å²) >= 11 is 0. The van der Waals surface area contributed by atoms with Crippen molar-refractivity contribution in [3.63, 3.8) is 0 Å². The molecule has 2 aromatic rings. The van der Waals surface area contributed by atoms with Gasteiger partial charge in [-0.25, -0.2) is 8.78 Å². The van der Waals surface area contributed by atoms with E-state index in [9.17, 15) is 13.9 Å². The van der Waals surface area contributed by atoms with Crippen molar-refractivity contribution in [3.05, 3.63) is 24.0 Å². The van der Waals surface area contributed by atoms with E-state index in [4.69, 9.17) is 14.0 Å². The molecule has 21 heavy (non-hydrogen) atoms. The Bertz CT molecular complexity index is 589. The molecule has 8 heteroatoms. The minimum Gasteiger partial charge on any atom is -0.504 e. The lowest BCUT2D eigenvalue weighted by molar-refractivity contribution is 0.0182. The van der Waals surface area contributed by atoms with E-state index in [1.807, 2.05) is 0 Å². The van der Waals surface area contributed by atoms with E-state index in [0.29, 0.717) is 17.1 Å². The number of halogens is 2. The second-order valence-corrected chi connectivity index (χ2v) is 4.12. The normalized spacial score (nSPS) is 11.0. The Morgan fingerprint density at radius 3 is 2.86 bits per heavy atom. The number of ether oxygens (including phenoxy) is 2. The first-order chi connectivity index (χ1) is 10.1. The predicted molar refractivity (Wildman–Crippen MR) is 68.5 cm³/mol. The number of benzene rings is 1. The quantitative estimate of drug-likeness (QED) is 0.790. The van der Waals surface area contributed by atoms with Crippen LogP contribution in [0.25, 0.3) is 11.5 Å². The van der Waals surface area contributed by atoms with Gasteiger partial charge in [0.2, 0.25) is 0 Å². The smallest absolute Gasteiger partial charge is 0.261 e. The number of hydrogen-bond acceptors (Lipinski definition) is 6. The lowest BCUT2D eigenvalue weighted by Crippen LogP contribution is -2.07. The van der Waals surface area contributed by atoms with Crippen molar-refractivity contribution in [3.8, 4) is 23.0 Å². The van der Waals surface area contributed by atoms with Crippen LogP contribution >= 0.6 is 0 Å². The molecule has 0 aliphatic rings. The third-order valence-electron chi connectivity index (χ3n) is 2.61. The van der Waals surface area contributed by atoms with Crippen LogP contribution in [0.3, 0.4) is 0 Å². The average molecular weight is 300 g/mol. The Morgan fingerprint density at radius 2 is 2.19 bits per heavy atom. The fourth-order valence-corrected chi connectivity index (χ4v) is 1.63. The molecule has 0 saturated heterocycles. The first-order valence-corrected chi connectivity index (χ1v) is 6.16. The second-order valence-electron chi connectivity index (χ2n) is 4.12. The largest absolute Gasteiger partial charge is 0.504 e.